The second-order valence-corrected chi connectivity index (χ2v) is 5.67. The highest BCUT2D eigenvalue weighted by Gasteiger charge is 2.28. The molecule has 1 N–H and O–H groups in total. The number of amides is 1. The van der Waals surface area contributed by atoms with Crippen LogP contribution in [0.4, 0.5) is 5.69 Å². The molecular weight excluding hydrogens is 340 g/mol. The number of methoxy groups -OCH3 is 1. The van der Waals surface area contributed by atoms with Gasteiger partial charge in [0.25, 0.3) is 5.91 Å². The number of carbonyl (C=O) groups excluding carboxylic acids is 1. The number of rotatable bonds is 5. The van der Waals surface area contributed by atoms with Crippen LogP contribution in [0.2, 0.25) is 0 Å². The van der Waals surface area contributed by atoms with Gasteiger partial charge in [-0.15, -0.1) is 12.4 Å². The van der Waals surface area contributed by atoms with Crippen molar-refractivity contribution in [1.29, 1.82) is 0 Å². The van der Waals surface area contributed by atoms with E-state index in [1.807, 2.05) is 54.6 Å². The molecule has 2 aromatic carbocycles. The average Bonchev–Trinajstić information content (AvgIpc) is 2.67. The molecule has 0 spiro atoms. The Morgan fingerprint density at radius 2 is 1.92 bits per heavy atom. The topological polar surface area (TPSA) is 50.8 Å². The molecule has 0 saturated carbocycles. The summed E-state index contributed by atoms with van der Waals surface area (Å²) in [7, 11) is 1.63. The van der Waals surface area contributed by atoms with Crippen molar-refractivity contribution in [3.05, 3.63) is 60.2 Å². The number of halogens is 1. The first-order chi connectivity index (χ1) is 11.8. The van der Waals surface area contributed by atoms with Crippen molar-refractivity contribution in [2.75, 3.05) is 31.7 Å². The molecule has 25 heavy (non-hydrogen) atoms. The van der Waals surface area contributed by atoms with E-state index in [0.29, 0.717) is 19.7 Å². The van der Waals surface area contributed by atoms with Crippen LogP contribution >= 0.6 is 12.4 Å². The van der Waals surface area contributed by atoms with Gasteiger partial charge >= 0.3 is 0 Å². The maximum Gasteiger partial charge on any atom is 0.257 e. The summed E-state index contributed by atoms with van der Waals surface area (Å²) in [4.78, 5) is 14.8. The third kappa shape index (κ3) is 4.95. The molecule has 1 fully saturated rings. The van der Waals surface area contributed by atoms with E-state index in [9.17, 15) is 4.79 Å². The summed E-state index contributed by atoms with van der Waals surface area (Å²) in [6.45, 7) is 2.38. The van der Waals surface area contributed by atoms with Crippen LogP contribution in [0.25, 0.3) is 0 Å². The molecule has 6 heteroatoms. The van der Waals surface area contributed by atoms with Crippen LogP contribution in [-0.4, -0.2) is 38.8 Å². The van der Waals surface area contributed by atoms with Gasteiger partial charge in [-0.1, -0.05) is 30.3 Å². The number of hydrogen-bond donors (Lipinski definition) is 1. The van der Waals surface area contributed by atoms with E-state index in [4.69, 9.17) is 9.47 Å². The predicted octanol–water partition coefficient (Wildman–Crippen LogP) is 2.64. The monoisotopic (exact) mass is 362 g/mol. The van der Waals surface area contributed by atoms with Gasteiger partial charge in [0.1, 0.15) is 11.9 Å². The van der Waals surface area contributed by atoms with Crippen LogP contribution in [-0.2, 0) is 16.1 Å². The van der Waals surface area contributed by atoms with E-state index < -0.39 is 6.10 Å². The van der Waals surface area contributed by atoms with Crippen LogP contribution < -0.4 is 15.0 Å². The zero-order chi connectivity index (χ0) is 16.8. The van der Waals surface area contributed by atoms with Crippen molar-refractivity contribution in [3.63, 3.8) is 0 Å². The van der Waals surface area contributed by atoms with E-state index in [2.05, 4.69) is 5.32 Å². The molecule has 3 rings (SSSR count). The van der Waals surface area contributed by atoms with Crippen LogP contribution in [0.5, 0.6) is 5.75 Å². The van der Waals surface area contributed by atoms with E-state index in [-0.39, 0.29) is 18.3 Å². The number of carbonyl (C=O) groups is 1. The number of benzene rings is 2. The van der Waals surface area contributed by atoms with E-state index >= 15 is 0 Å². The second kappa shape index (κ2) is 9.42. The summed E-state index contributed by atoms with van der Waals surface area (Å²) >= 11 is 0. The Labute approximate surface area is 154 Å². The Kier molecular flexibility index (Phi) is 7.25. The molecule has 0 radical (unpaired) electrons. The van der Waals surface area contributed by atoms with Crippen molar-refractivity contribution >= 4 is 24.0 Å². The standard InChI is InChI=1S/C19H22N2O3.ClH/c1-23-17-9-7-16(8-10-17)21(14-15-5-3-2-4-6-15)19(22)18-13-20-11-12-24-18;/h2-10,18,20H,11-14H2,1H3;1H/t18-;/m1./s1. The van der Waals surface area contributed by atoms with Crippen molar-refractivity contribution in [2.45, 2.75) is 12.6 Å². The van der Waals surface area contributed by atoms with Gasteiger partial charge in [-0.05, 0) is 29.8 Å². The first kappa shape index (κ1) is 19.2. The third-order valence-corrected chi connectivity index (χ3v) is 4.04. The van der Waals surface area contributed by atoms with Gasteiger partial charge < -0.3 is 19.7 Å². The molecule has 0 bridgehead atoms. The molecule has 1 atom stereocenters. The summed E-state index contributed by atoms with van der Waals surface area (Å²) in [6, 6.07) is 17.5. The molecule has 1 amide bonds. The van der Waals surface area contributed by atoms with Crippen LogP contribution in [0.3, 0.4) is 0 Å². The third-order valence-electron chi connectivity index (χ3n) is 4.04. The molecule has 1 aliphatic rings. The zero-order valence-corrected chi connectivity index (χ0v) is 15.0. The quantitative estimate of drug-likeness (QED) is 0.888. The number of nitrogens with zero attached hydrogens (tertiary/aromatic N) is 1. The number of anilines is 1. The maximum absolute atomic E-state index is 13.0. The largest absolute Gasteiger partial charge is 0.497 e. The molecule has 2 aromatic rings. The van der Waals surface area contributed by atoms with E-state index in [0.717, 1.165) is 23.5 Å². The minimum atomic E-state index is -0.454. The van der Waals surface area contributed by atoms with Crippen molar-refractivity contribution in [1.82, 2.24) is 5.32 Å². The highest BCUT2D eigenvalue weighted by atomic mass is 35.5. The summed E-state index contributed by atoms with van der Waals surface area (Å²) in [5, 5.41) is 3.21. The van der Waals surface area contributed by atoms with Crippen LogP contribution in [0, 0.1) is 0 Å². The minimum Gasteiger partial charge on any atom is -0.497 e. The SMILES string of the molecule is COc1ccc(N(Cc2ccccc2)C(=O)[C@H]2CNCCO2)cc1.Cl. The number of morpholine rings is 1. The zero-order valence-electron chi connectivity index (χ0n) is 14.2. The van der Waals surface area contributed by atoms with Crippen molar-refractivity contribution in [2.24, 2.45) is 0 Å². The normalized spacial score (nSPS) is 16.6. The summed E-state index contributed by atoms with van der Waals surface area (Å²) < 4.78 is 10.9. The van der Waals surface area contributed by atoms with Gasteiger partial charge in [-0.2, -0.15) is 0 Å². The van der Waals surface area contributed by atoms with Gasteiger partial charge in [0, 0.05) is 18.8 Å². The van der Waals surface area contributed by atoms with Crippen LogP contribution in [0.1, 0.15) is 5.56 Å². The summed E-state index contributed by atoms with van der Waals surface area (Å²) in [6.07, 6.45) is -0.454. The summed E-state index contributed by atoms with van der Waals surface area (Å²) in [5.74, 6) is 0.734. The highest BCUT2D eigenvalue weighted by Crippen LogP contribution is 2.22. The Morgan fingerprint density at radius 3 is 2.52 bits per heavy atom. The Hall–Kier alpha value is -2.08. The molecule has 0 aliphatic carbocycles. The number of ether oxygens (including phenoxy) is 2. The highest BCUT2D eigenvalue weighted by molar-refractivity contribution is 5.96. The van der Waals surface area contributed by atoms with Gasteiger partial charge in [0.2, 0.25) is 0 Å². The van der Waals surface area contributed by atoms with Crippen LogP contribution in [0.15, 0.2) is 54.6 Å². The molecule has 0 unspecified atom stereocenters. The van der Waals surface area contributed by atoms with E-state index in [1.54, 1.807) is 12.0 Å². The fraction of sp³-hybridized carbons (Fsp3) is 0.316. The summed E-state index contributed by atoms with van der Waals surface area (Å²) in [5.41, 5.74) is 1.91. The van der Waals surface area contributed by atoms with Gasteiger partial charge in [0.15, 0.2) is 0 Å². The minimum absolute atomic E-state index is 0. The Balaban J connectivity index is 0.00000225. The Morgan fingerprint density at radius 1 is 1.20 bits per heavy atom. The fourth-order valence-electron chi connectivity index (χ4n) is 2.72. The molecule has 1 aliphatic heterocycles. The first-order valence-corrected chi connectivity index (χ1v) is 8.09. The van der Waals surface area contributed by atoms with Gasteiger partial charge in [-0.3, -0.25) is 4.79 Å². The van der Waals surface area contributed by atoms with Gasteiger partial charge in [0.05, 0.1) is 20.3 Å². The smallest absolute Gasteiger partial charge is 0.257 e. The lowest BCUT2D eigenvalue weighted by atomic mass is 10.1. The predicted molar refractivity (Wildman–Crippen MR) is 100 cm³/mol. The van der Waals surface area contributed by atoms with Crippen molar-refractivity contribution in [3.8, 4) is 5.75 Å². The molecular formula is C19H23ClN2O3. The molecule has 134 valence electrons. The lowest BCUT2D eigenvalue weighted by molar-refractivity contribution is -0.131. The lowest BCUT2D eigenvalue weighted by Crippen LogP contribution is -2.49. The maximum atomic E-state index is 13.0. The molecule has 5 nitrogen and oxygen atoms in total. The lowest BCUT2D eigenvalue weighted by Gasteiger charge is -2.30. The fourth-order valence-corrected chi connectivity index (χ4v) is 2.72. The molecule has 1 heterocycles. The molecule has 1 saturated heterocycles. The Bertz CT molecular complexity index is 658. The second-order valence-electron chi connectivity index (χ2n) is 5.67. The van der Waals surface area contributed by atoms with E-state index in [1.165, 1.54) is 0 Å². The average molecular weight is 363 g/mol. The molecule has 0 aromatic heterocycles. The number of nitrogens with one attached hydrogen (secondary N) is 1. The van der Waals surface area contributed by atoms with Gasteiger partial charge in [-0.25, -0.2) is 0 Å². The van der Waals surface area contributed by atoms with Crippen molar-refractivity contribution < 1.29 is 14.3 Å². The number of hydrogen-bond acceptors (Lipinski definition) is 4. The first-order valence-electron chi connectivity index (χ1n) is 8.09.